The molecule has 1 aliphatic heterocycles. The normalized spacial score (nSPS) is 15.5. The van der Waals surface area contributed by atoms with E-state index in [2.05, 4.69) is 4.72 Å². The maximum atomic E-state index is 13.2. The average molecular weight is 471 g/mol. The number of sulfonamides is 1. The molecule has 1 amide bonds. The highest BCUT2D eigenvalue weighted by Crippen LogP contribution is 2.34. The molecule has 166 valence electrons. The Bertz CT molecular complexity index is 1260. The molecule has 6 nitrogen and oxygen atoms in total. The first-order valence-electron chi connectivity index (χ1n) is 10.1. The molecule has 0 bridgehead atoms. The Labute approximate surface area is 192 Å². The van der Waals surface area contributed by atoms with Crippen molar-refractivity contribution < 1.29 is 17.9 Å². The molecular weight excluding hydrogens is 448 g/mol. The van der Waals surface area contributed by atoms with Gasteiger partial charge in [-0.2, -0.15) is 0 Å². The van der Waals surface area contributed by atoms with Gasteiger partial charge in [0.1, 0.15) is 10.6 Å². The lowest BCUT2D eigenvalue weighted by molar-refractivity contribution is 0.0981. The Morgan fingerprint density at radius 2 is 1.84 bits per heavy atom. The zero-order valence-electron chi connectivity index (χ0n) is 17.7. The minimum absolute atomic E-state index is 0.00494. The van der Waals surface area contributed by atoms with Gasteiger partial charge in [0, 0.05) is 23.8 Å². The molecule has 4 rings (SSSR count). The van der Waals surface area contributed by atoms with Crippen LogP contribution in [0.15, 0.2) is 71.6 Å². The van der Waals surface area contributed by atoms with Crippen LogP contribution in [0.4, 0.5) is 5.69 Å². The molecule has 1 heterocycles. The average Bonchev–Trinajstić information content (AvgIpc) is 3.12. The van der Waals surface area contributed by atoms with Crippen molar-refractivity contribution in [3.63, 3.8) is 0 Å². The summed E-state index contributed by atoms with van der Waals surface area (Å²) in [7, 11) is -2.19. The molecular formula is C24H23ClN2O4S. The minimum Gasteiger partial charge on any atom is -0.497 e. The van der Waals surface area contributed by atoms with Crippen LogP contribution in [0.25, 0.3) is 0 Å². The number of ether oxygens (including phenoxy) is 1. The summed E-state index contributed by atoms with van der Waals surface area (Å²) in [5, 5.41) is 0.166. The van der Waals surface area contributed by atoms with Crippen molar-refractivity contribution in [3.05, 3.63) is 88.4 Å². The predicted octanol–water partition coefficient (Wildman–Crippen LogP) is 4.42. The number of fused-ring (bicyclic) bond motifs is 1. The fraction of sp³-hybridized carbons (Fsp3) is 0.208. The minimum atomic E-state index is -3.77. The van der Waals surface area contributed by atoms with Gasteiger partial charge >= 0.3 is 0 Å². The molecule has 1 atom stereocenters. The zero-order chi connectivity index (χ0) is 22.9. The quantitative estimate of drug-likeness (QED) is 0.578. The summed E-state index contributed by atoms with van der Waals surface area (Å²) in [6.07, 6.45) is 0.739. The third kappa shape index (κ3) is 4.37. The predicted molar refractivity (Wildman–Crippen MR) is 125 cm³/mol. The highest BCUT2D eigenvalue weighted by molar-refractivity contribution is 7.89. The SMILES string of the molecule is COc1ccc(C(=O)N2c3cc(CNS(=O)(=O)c4ccccc4Cl)ccc3CC2C)cc1. The van der Waals surface area contributed by atoms with Crippen molar-refractivity contribution >= 4 is 33.2 Å². The monoisotopic (exact) mass is 470 g/mol. The molecule has 3 aromatic rings. The fourth-order valence-corrected chi connectivity index (χ4v) is 5.40. The van der Waals surface area contributed by atoms with E-state index < -0.39 is 10.0 Å². The molecule has 0 fully saturated rings. The number of nitrogens with one attached hydrogen (secondary N) is 1. The van der Waals surface area contributed by atoms with E-state index in [1.54, 1.807) is 48.4 Å². The molecule has 8 heteroatoms. The van der Waals surface area contributed by atoms with Crippen LogP contribution in [0, 0.1) is 0 Å². The third-order valence-electron chi connectivity index (χ3n) is 5.51. The number of benzene rings is 3. The lowest BCUT2D eigenvalue weighted by atomic mass is 10.1. The molecule has 1 N–H and O–H groups in total. The second-order valence-electron chi connectivity index (χ2n) is 7.67. The molecule has 32 heavy (non-hydrogen) atoms. The number of nitrogens with zero attached hydrogens (tertiary/aromatic N) is 1. The van der Waals surface area contributed by atoms with Crippen molar-refractivity contribution in [2.75, 3.05) is 12.0 Å². The first-order valence-corrected chi connectivity index (χ1v) is 12.0. The van der Waals surface area contributed by atoms with Crippen molar-refractivity contribution in [2.24, 2.45) is 0 Å². The van der Waals surface area contributed by atoms with Crippen molar-refractivity contribution in [1.82, 2.24) is 4.72 Å². The van der Waals surface area contributed by atoms with E-state index >= 15 is 0 Å². The summed E-state index contributed by atoms with van der Waals surface area (Å²) in [4.78, 5) is 15.0. The smallest absolute Gasteiger partial charge is 0.258 e. The molecule has 3 aromatic carbocycles. The van der Waals surface area contributed by atoms with Crippen molar-refractivity contribution in [3.8, 4) is 5.75 Å². The van der Waals surface area contributed by atoms with E-state index in [4.69, 9.17) is 16.3 Å². The molecule has 0 radical (unpaired) electrons. The Morgan fingerprint density at radius 1 is 1.12 bits per heavy atom. The number of rotatable bonds is 6. The molecule has 0 spiro atoms. The molecule has 0 aromatic heterocycles. The maximum Gasteiger partial charge on any atom is 0.258 e. The van der Waals surface area contributed by atoms with Gasteiger partial charge in [0.05, 0.1) is 12.1 Å². The Balaban J connectivity index is 1.56. The van der Waals surface area contributed by atoms with E-state index in [-0.39, 0.29) is 28.4 Å². The zero-order valence-corrected chi connectivity index (χ0v) is 19.3. The number of methoxy groups -OCH3 is 1. The van der Waals surface area contributed by atoms with Gasteiger partial charge in [-0.3, -0.25) is 4.79 Å². The van der Waals surface area contributed by atoms with Gasteiger partial charge in [0.15, 0.2) is 0 Å². The number of amides is 1. The molecule has 0 saturated carbocycles. The van der Waals surface area contributed by atoms with Crippen LogP contribution in [0.3, 0.4) is 0 Å². The standard InChI is InChI=1S/C24H23ClN2O4S/c1-16-13-19-8-7-17(15-26-32(29,30)23-6-4-3-5-21(23)25)14-22(19)27(16)24(28)18-9-11-20(31-2)12-10-18/h3-12,14,16,26H,13,15H2,1-2H3. The van der Waals surface area contributed by atoms with Crippen LogP contribution in [0.5, 0.6) is 5.75 Å². The highest BCUT2D eigenvalue weighted by Gasteiger charge is 2.32. The summed E-state index contributed by atoms with van der Waals surface area (Å²) in [6.45, 7) is 2.08. The van der Waals surface area contributed by atoms with E-state index in [9.17, 15) is 13.2 Å². The van der Waals surface area contributed by atoms with Crippen LogP contribution >= 0.6 is 11.6 Å². The molecule has 0 saturated heterocycles. The van der Waals surface area contributed by atoms with E-state index in [1.807, 2.05) is 25.1 Å². The summed E-state index contributed by atoms with van der Waals surface area (Å²) in [6, 6.07) is 19.0. The summed E-state index contributed by atoms with van der Waals surface area (Å²) in [5.41, 5.74) is 3.17. The summed E-state index contributed by atoms with van der Waals surface area (Å²) < 4.78 is 33.1. The Hall–Kier alpha value is -2.87. The number of carbonyl (C=O) groups excluding carboxylic acids is 1. The Kier molecular flexibility index (Phi) is 6.24. The van der Waals surface area contributed by atoms with Gasteiger partial charge < -0.3 is 9.64 Å². The number of halogens is 1. The van der Waals surface area contributed by atoms with Crippen LogP contribution in [0.1, 0.15) is 28.4 Å². The van der Waals surface area contributed by atoms with Crippen LogP contribution < -0.4 is 14.4 Å². The number of anilines is 1. The van der Waals surface area contributed by atoms with Gasteiger partial charge in [0.25, 0.3) is 5.91 Å². The van der Waals surface area contributed by atoms with Crippen molar-refractivity contribution in [2.45, 2.75) is 30.8 Å². The first-order chi connectivity index (χ1) is 15.3. The fourth-order valence-electron chi connectivity index (χ4n) is 3.86. The van der Waals surface area contributed by atoms with Crippen molar-refractivity contribution in [1.29, 1.82) is 0 Å². The maximum absolute atomic E-state index is 13.2. The van der Waals surface area contributed by atoms with E-state index in [0.29, 0.717) is 11.3 Å². The van der Waals surface area contributed by atoms with Gasteiger partial charge in [-0.05, 0) is 66.9 Å². The van der Waals surface area contributed by atoms with Gasteiger partial charge in [-0.25, -0.2) is 13.1 Å². The number of hydrogen-bond acceptors (Lipinski definition) is 4. The largest absolute Gasteiger partial charge is 0.497 e. The second kappa shape index (κ2) is 8.94. The highest BCUT2D eigenvalue weighted by atomic mass is 35.5. The van der Waals surface area contributed by atoms with Crippen LogP contribution in [-0.4, -0.2) is 27.5 Å². The van der Waals surface area contributed by atoms with E-state index in [0.717, 1.165) is 23.2 Å². The van der Waals surface area contributed by atoms with Crippen LogP contribution in [-0.2, 0) is 23.0 Å². The molecule has 0 aliphatic carbocycles. The Morgan fingerprint density at radius 3 is 2.53 bits per heavy atom. The van der Waals surface area contributed by atoms with Gasteiger partial charge in [-0.15, -0.1) is 0 Å². The lowest BCUT2D eigenvalue weighted by Gasteiger charge is -2.23. The first kappa shape index (κ1) is 22.3. The number of carbonyl (C=O) groups is 1. The molecule has 1 unspecified atom stereocenters. The van der Waals surface area contributed by atoms with E-state index in [1.165, 1.54) is 12.1 Å². The summed E-state index contributed by atoms with van der Waals surface area (Å²) >= 11 is 6.04. The van der Waals surface area contributed by atoms with Gasteiger partial charge in [-0.1, -0.05) is 35.9 Å². The van der Waals surface area contributed by atoms with Crippen LogP contribution in [0.2, 0.25) is 5.02 Å². The topological polar surface area (TPSA) is 75.7 Å². The number of hydrogen-bond donors (Lipinski definition) is 1. The lowest BCUT2D eigenvalue weighted by Crippen LogP contribution is -2.35. The summed E-state index contributed by atoms with van der Waals surface area (Å²) in [5.74, 6) is 0.581. The molecule has 1 aliphatic rings. The van der Waals surface area contributed by atoms with Gasteiger partial charge in [0.2, 0.25) is 10.0 Å². The second-order valence-corrected chi connectivity index (χ2v) is 9.82. The third-order valence-corrected chi connectivity index (χ3v) is 7.41.